The van der Waals surface area contributed by atoms with Crippen LogP contribution in [0.5, 0.6) is 5.88 Å². The zero-order valence-electron chi connectivity index (χ0n) is 15.7. The third kappa shape index (κ3) is 4.29. The Morgan fingerprint density at radius 2 is 1.82 bits per heavy atom. The van der Waals surface area contributed by atoms with E-state index >= 15 is 0 Å². The van der Waals surface area contributed by atoms with Gasteiger partial charge in [0.05, 0.1) is 12.3 Å². The van der Waals surface area contributed by atoms with Gasteiger partial charge in [0.25, 0.3) is 0 Å². The Bertz CT molecular complexity index is 1010. The molecule has 4 nitrogen and oxygen atoms in total. The number of hydrogen-bond acceptors (Lipinski definition) is 4. The number of nitrogens with zero attached hydrogens (tertiary/aromatic N) is 3. The second-order valence-corrected chi connectivity index (χ2v) is 7.72. The van der Waals surface area contributed by atoms with E-state index < -0.39 is 0 Å². The first-order valence-corrected chi connectivity index (χ1v) is 10.3. The predicted molar refractivity (Wildman–Crippen MR) is 112 cm³/mol. The summed E-state index contributed by atoms with van der Waals surface area (Å²) in [6, 6.07) is 11.5. The summed E-state index contributed by atoms with van der Waals surface area (Å²) >= 11 is 12.4. The maximum Gasteiger partial charge on any atom is 0.217 e. The third-order valence-corrected chi connectivity index (χ3v) is 5.43. The van der Waals surface area contributed by atoms with E-state index in [2.05, 4.69) is 11.1 Å². The van der Waals surface area contributed by atoms with Gasteiger partial charge in [-0.25, -0.2) is 9.97 Å². The van der Waals surface area contributed by atoms with Crippen molar-refractivity contribution in [1.29, 1.82) is 0 Å². The van der Waals surface area contributed by atoms with E-state index in [0.29, 0.717) is 34.8 Å². The average Bonchev–Trinajstić information content (AvgIpc) is 2.70. The van der Waals surface area contributed by atoms with Crippen LogP contribution in [0.1, 0.15) is 42.3 Å². The second kappa shape index (κ2) is 8.46. The van der Waals surface area contributed by atoms with Crippen LogP contribution in [0, 0.1) is 0 Å². The monoisotopic (exact) mass is 413 g/mol. The van der Waals surface area contributed by atoms with E-state index in [9.17, 15) is 0 Å². The molecule has 1 aromatic carbocycles. The number of pyridine rings is 1. The molecule has 0 aliphatic heterocycles. The van der Waals surface area contributed by atoms with E-state index in [4.69, 9.17) is 37.9 Å². The number of ether oxygens (including phenoxy) is 1. The topological polar surface area (TPSA) is 47.9 Å². The van der Waals surface area contributed by atoms with Gasteiger partial charge in [0.15, 0.2) is 5.82 Å². The highest BCUT2D eigenvalue weighted by Crippen LogP contribution is 2.27. The Hall–Kier alpha value is -2.17. The van der Waals surface area contributed by atoms with Crippen molar-refractivity contribution in [3.8, 4) is 17.4 Å². The molecule has 0 spiro atoms. The van der Waals surface area contributed by atoms with Gasteiger partial charge in [-0.2, -0.15) is 4.98 Å². The summed E-state index contributed by atoms with van der Waals surface area (Å²) in [6.07, 6.45) is 5.10. The number of rotatable bonds is 5. The largest absolute Gasteiger partial charge is 0.478 e. The van der Waals surface area contributed by atoms with Crippen molar-refractivity contribution in [1.82, 2.24) is 15.0 Å². The van der Waals surface area contributed by atoms with Crippen molar-refractivity contribution >= 4 is 23.2 Å². The molecule has 2 heterocycles. The van der Waals surface area contributed by atoms with E-state index in [0.717, 1.165) is 35.5 Å². The molecule has 4 rings (SSSR count). The molecular weight excluding hydrogens is 393 g/mol. The van der Waals surface area contributed by atoms with Crippen LogP contribution in [0.25, 0.3) is 11.5 Å². The van der Waals surface area contributed by atoms with E-state index in [1.807, 2.05) is 31.2 Å². The van der Waals surface area contributed by atoms with Crippen molar-refractivity contribution in [3.05, 3.63) is 69.0 Å². The Kier molecular flexibility index (Phi) is 5.79. The molecule has 6 heteroatoms. The summed E-state index contributed by atoms with van der Waals surface area (Å²) in [7, 11) is 0. The summed E-state index contributed by atoms with van der Waals surface area (Å²) in [5.41, 5.74) is 5.07. The van der Waals surface area contributed by atoms with Crippen molar-refractivity contribution < 1.29 is 4.74 Å². The highest BCUT2D eigenvalue weighted by molar-refractivity contribution is 6.35. The number of aromatic nitrogens is 3. The molecule has 0 saturated heterocycles. The first-order chi connectivity index (χ1) is 13.6. The molecule has 0 amide bonds. The molecule has 1 aliphatic carbocycles. The fraction of sp³-hybridized carbons (Fsp3) is 0.318. The first-order valence-electron chi connectivity index (χ1n) is 9.56. The Morgan fingerprint density at radius 1 is 0.964 bits per heavy atom. The molecule has 0 N–H and O–H groups in total. The minimum Gasteiger partial charge on any atom is -0.478 e. The lowest BCUT2D eigenvalue weighted by atomic mass is 9.96. The summed E-state index contributed by atoms with van der Waals surface area (Å²) in [6.45, 7) is 2.48. The second-order valence-electron chi connectivity index (χ2n) is 6.88. The number of fused-ring (bicyclic) bond motifs is 1. The summed E-state index contributed by atoms with van der Waals surface area (Å²) < 4.78 is 5.68. The van der Waals surface area contributed by atoms with E-state index in [-0.39, 0.29) is 0 Å². The normalized spacial score (nSPS) is 13.2. The van der Waals surface area contributed by atoms with Gasteiger partial charge >= 0.3 is 0 Å². The fourth-order valence-electron chi connectivity index (χ4n) is 3.47. The van der Waals surface area contributed by atoms with Crippen molar-refractivity contribution in [3.63, 3.8) is 0 Å². The van der Waals surface area contributed by atoms with Crippen LogP contribution >= 0.6 is 23.2 Å². The Labute approximate surface area is 174 Å². The molecule has 0 bridgehead atoms. The van der Waals surface area contributed by atoms with E-state index in [1.165, 1.54) is 18.4 Å². The van der Waals surface area contributed by atoms with Crippen molar-refractivity contribution in [2.45, 2.75) is 39.0 Å². The number of benzene rings is 1. The van der Waals surface area contributed by atoms with Crippen molar-refractivity contribution in [2.24, 2.45) is 0 Å². The number of aryl methyl sites for hydroxylation is 2. The summed E-state index contributed by atoms with van der Waals surface area (Å²) in [4.78, 5) is 14.2. The van der Waals surface area contributed by atoms with Gasteiger partial charge in [-0.1, -0.05) is 35.3 Å². The van der Waals surface area contributed by atoms with Crippen LogP contribution in [0.4, 0.5) is 0 Å². The average molecular weight is 414 g/mol. The SMILES string of the molecule is CCOc1cc(Cc2ccc(Cl)cc2Cl)nc(-c2ccc3c(n2)CCCC3)n1. The molecule has 0 fully saturated rings. The lowest BCUT2D eigenvalue weighted by Gasteiger charge is -2.15. The van der Waals surface area contributed by atoms with Gasteiger partial charge in [-0.05, 0) is 61.9 Å². The van der Waals surface area contributed by atoms with Crippen LogP contribution in [0.2, 0.25) is 10.0 Å². The minimum atomic E-state index is 0.537. The summed E-state index contributed by atoms with van der Waals surface area (Å²) in [5, 5.41) is 1.24. The standard InChI is InChI=1S/C22H21Cl2N3O/c1-2-28-21-13-17(11-15-7-9-16(23)12-18(15)24)25-22(27-21)20-10-8-14-5-3-4-6-19(14)26-20/h7-10,12-13H,2-6,11H2,1H3. The van der Waals surface area contributed by atoms with Crippen LogP contribution in [0.15, 0.2) is 36.4 Å². The Morgan fingerprint density at radius 3 is 2.64 bits per heavy atom. The molecule has 3 aromatic rings. The highest BCUT2D eigenvalue weighted by Gasteiger charge is 2.15. The van der Waals surface area contributed by atoms with Crippen LogP contribution in [0.3, 0.4) is 0 Å². The predicted octanol–water partition coefficient (Wildman–Crippen LogP) is 5.71. The molecule has 0 saturated carbocycles. The highest BCUT2D eigenvalue weighted by atomic mass is 35.5. The van der Waals surface area contributed by atoms with E-state index in [1.54, 1.807) is 6.07 Å². The molecule has 28 heavy (non-hydrogen) atoms. The quantitative estimate of drug-likeness (QED) is 0.536. The van der Waals surface area contributed by atoms with Gasteiger partial charge < -0.3 is 4.74 Å². The molecule has 0 unspecified atom stereocenters. The number of halogens is 2. The minimum absolute atomic E-state index is 0.537. The molecule has 0 atom stereocenters. The summed E-state index contributed by atoms with van der Waals surface area (Å²) in [5.74, 6) is 1.13. The van der Waals surface area contributed by atoms with Crippen LogP contribution < -0.4 is 4.74 Å². The zero-order valence-corrected chi connectivity index (χ0v) is 17.2. The number of hydrogen-bond donors (Lipinski definition) is 0. The molecule has 144 valence electrons. The molecule has 0 radical (unpaired) electrons. The van der Waals surface area contributed by atoms with Gasteiger partial charge in [-0.15, -0.1) is 0 Å². The molecule has 2 aromatic heterocycles. The van der Waals surface area contributed by atoms with Gasteiger partial charge in [0.1, 0.15) is 5.69 Å². The lowest BCUT2D eigenvalue weighted by Crippen LogP contribution is -2.07. The van der Waals surface area contributed by atoms with Gasteiger partial charge in [-0.3, -0.25) is 0 Å². The fourth-order valence-corrected chi connectivity index (χ4v) is 3.94. The maximum atomic E-state index is 6.35. The van der Waals surface area contributed by atoms with Gasteiger partial charge in [0.2, 0.25) is 5.88 Å². The first kappa shape index (κ1) is 19.2. The van der Waals surface area contributed by atoms with Gasteiger partial charge in [0, 0.05) is 28.2 Å². The Balaban J connectivity index is 1.71. The molecule has 1 aliphatic rings. The van der Waals surface area contributed by atoms with Crippen LogP contribution in [-0.4, -0.2) is 21.6 Å². The third-order valence-electron chi connectivity index (χ3n) is 4.84. The zero-order chi connectivity index (χ0) is 19.5. The maximum absolute atomic E-state index is 6.35. The lowest BCUT2D eigenvalue weighted by molar-refractivity contribution is 0.326. The van der Waals surface area contributed by atoms with Crippen LogP contribution in [-0.2, 0) is 19.3 Å². The molecular formula is C22H21Cl2N3O. The smallest absolute Gasteiger partial charge is 0.217 e. The van der Waals surface area contributed by atoms with Crippen molar-refractivity contribution in [2.75, 3.05) is 6.61 Å².